The number of fused-ring (bicyclic) bond motifs is 3. The van der Waals surface area contributed by atoms with E-state index in [1.54, 1.807) is 34.0 Å². The lowest BCUT2D eigenvalue weighted by Crippen LogP contribution is -2.35. The van der Waals surface area contributed by atoms with Gasteiger partial charge in [0.2, 0.25) is 0 Å². The van der Waals surface area contributed by atoms with E-state index < -0.39 is 0 Å². The number of ether oxygens (including phenoxy) is 1. The Bertz CT molecular complexity index is 2610. The fourth-order valence-electron chi connectivity index (χ4n) is 8.56. The zero-order valence-electron chi connectivity index (χ0n) is 35.1. The van der Waals surface area contributed by atoms with E-state index in [0.717, 1.165) is 111 Å². The van der Waals surface area contributed by atoms with Crippen molar-refractivity contribution >= 4 is 137 Å². The normalized spacial score (nSPS) is 19.7. The van der Waals surface area contributed by atoms with Crippen LogP contribution in [-0.4, -0.2) is 87.6 Å². The Morgan fingerprint density at radius 1 is 0.562 bits per heavy atom. The van der Waals surface area contributed by atoms with E-state index in [9.17, 15) is 14.4 Å². The van der Waals surface area contributed by atoms with Crippen LogP contribution in [0, 0.1) is 5.77 Å². The van der Waals surface area contributed by atoms with E-state index in [-0.39, 0.29) is 35.5 Å². The monoisotopic (exact) mass is 1200 g/mol. The molecule has 3 unspecified atom stereocenters. The summed E-state index contributed by atoms with van der Waals surface area (Å²) in [5.41, 5.74) is 7.13. The van der Waals surface area contributed by atoms with Gasteiger partial charge in [-0.1, -0.05) is 71.2 Å². The number of rotatable bonds is 4. The Balaban J connectivity index is 0.000000133. The van der Waals surface area contributed by atoms with Crippen LogP contribution >= 0.6 is 114 Å². The van der Waals surface area contributed by atoms with E-state index in [1.165, 1.54) is 21.7 Å². The van der Waals surface area contributed by atoms with Crippen molar-refractivity contribution in [3.05, 3.63) is 160 Å². The minimum Gasteiger partial charge on any atom is -0.378 e. The van der Waals surface area contributed by atoms with Gasteiger partial charge in [0.05, 0.1) is 38.6 Å². The molecule has 0 spiro atoms. The summed E-state index contributed by atoms with van der Waals surface area (Å²) in [6, 6.07) is 30.4. The van der Waals surface area contributed by atoms with Gasteiger partial charge in [-0.25, -0.2) is 0 Å². The second-order valence-corrected chi connectivity index (χ2v) is 24.3. The first-order valence-corrected chi connectivity index (χ1v) is 26.7. The number of hydrogen-bond donors (Lipinski definition) is 1. The molecule has 3 atom stereocenters. The van der Waals surface area contributed by atoms with Gasteiger partial charge in [0, 0.05) is 79.6 Å². The van der Waals surface area contributed by atoms with Crippen LogP contribution in [0.4, 0.5) is 5.00 Å². The highest BCUT2D eigenvalue weighted by Gasteiger charge is 2.32. The Morgan fingerprint density at radius 3 is 1.45 bits per heavy atom. The fraction of sp³-hybridized carbons (Fsp3) is 0.312. The summed E-state index contributed by atoms with van der Waals surface area (Å²) >= 11 is 27.3. The third-order valence-electron chi connectivity index (χ3n) is 12.0. The minimum atomic E-state index is 0.0550. The van der Waals surface area contributed by atoms with Crippen molar-refractivity contribution in [2.75, 3.05) is 64.9 Å². The molecule has 3 amide bonds. The summed E-state index contributed by atoms with van der Waals surface area (Å²) in [5.74, 6) is 1.11. The molecule has 64 heavy (non-hydrogen) atoms. The molecule has 0 saturated carbocycles. The van der Waals surface area contributed by atoms with E-state index >= 15 is 0 Å². The second-order valence-electron chi connectivity index (χ2n) is 16.0. The molecule has 3 aromatic heterocycles. The first-order valence-electron chi connectivity index (χ1n) is 20.9. The van der Waals surface area contributed by atoms with Gasteiger partial charge < -0.3 is 24.8 Å². The van der Waals surface area contributed by atoms with Crippen LogP contribution in [-0.2, 0) is 4.74 Å². The zero-order valence-corrected chi connectivity index (χ0v) is 44.1. The molecule has 16 heteroatoms. The van der Waals surface area contributed by atoms with Crippen molar-refractivity contribution < 1.29 is 19.1 Å². The number of nitrogens with one attached hydrogen (secondary N) is 1. The number of morpholine rings is 1. The number of anilines is 1. The van der Waals surface area contributed by atoms with Crippen LogP contribution in [0.3, 0.4) is 0 Å². The summed E-state index contributed by atoms with van der Waals surface area (Å²) in [6.45, 7) is 5.52. The number of nitrogens with zero attached hydrogens (tertiary/aromatic N) is 3. The van der Waals surface area contributed by atoms with E-state index in [1.807, 2.05) is 60.3 Å². The molecule has 6 aromatic rings. The third kappa shape index (κ3) is 11.0. The third-order valence-corrected chi connectivity index (χ3v) is 17.8. The molecule has 1 N–H and O–H groups in total. The van der Waals surface area contributed by atoms with Crippen LogP contribution in [0.1, 0.15) is 99.4 Å². The van der Waals surface area contributed by atoms with Gasteiger partial charge in [-0.05, 0) is 152 Å². The number of carbonyl (C=O) groups is 3. The number of amides is 3. The molecule has 4 aliphatic rings. The largest absolute Gasteiger partial charge is 0.378 e. The molecule has 0 bridgehead atoms. The number of halogens is 5. The average molecular weight is 1200 g/mol. The molecular weight excluding hydrogens is 1150 g/mol. The van der Waals surface area contributed by atoms with Gasteiger partial charge in [-0.15, -0.1) is 34.0 Å². The molecular formula is C48H45Cl3I2N4O4S3. The maximum absolute atomic E-state index is 12.8. The first-order chi connectivity index (χ1) is 30.8. The van der Waals surface area contributed by atoms with E-state index in [2.05, 4.69) is 110 Å². The molecule has 10 rings (SSSR count). The lowest BCUT2D eigenvalue weighted by atomic mass is 9.89. The molecule has 0 aliphatic carbocycles. The van der Waals surface area contributed by atoms with Gasteiger partial charge in [-0.3, -0.25) is 14.4 Å². The lowest BCUT2D eigenvalue weighted by molar-refractivity contribution is 0.0796. The van der Waals surface area contributed by atoms with Crippen molar-refractivity contribution in [3.63, 3.8) is 0 Å². The molecule has 3 aromatic carbocycles. The minimum absolute atomic E-state index is 0.0550. The van der Waals surface area contributed by atoms with Gasteiger partial charge >= 0.3 is 0 Å². The van der Waals surface area contributed by atoms with Crippen molar-refractivity contribution in [1.29, 1.82) is 0 Å². The molecule has 334 valence electrons. The van der Waals surface area contributed by atoms with Crippen LogP contribution < -0.4 is 10.2 Å². The Kier molecular flexibility index (Phi) is 16.0. The van der Waals surface area contributed by atoms with Crippen LogP contribution in [0.25, 0.3) is 0 Å². The van der Waals surface area contributed by atoms with E-state index in [0.29, 0.717) is 6.54 Å². The topological polar surface area (TPSA) is 82.2 Å². The highest BCUT2D eigenvalue weighted by molar-refractivity contribution is 14.1. The predicted octanol–water partition coefficient (Wildman–Crippen LogP) is 12.7. The maximum Gasteiger partial charge on any atom is 0.264 e. The van der Waals surface area contributed by atoms with Gasteiger partial charge in [0.1, 0.15) is 0 Å². The van der Waals surface area contributed by atoms with Crippen LogP contribution in [0.15, 0.2) is 91.0 Å². The van der Waals surface area contributed by atoms with Gasteiger partial charge in [0.25, 0.3) is 17.7 Å². The Hall–Kier alpha value is -2.74. The molecule has 4 aliphatic heterocycles. The fourth-order valence-corrected chi connectivity index (χ4v) is 14.0. The molecule has 8 nitrogen and oxygen atoms in total. The van der Waals surface area contributed by atoms with Gasteiger partial charge in [0.15, 0.2) is 0 Å². The van der Waals surface area contributed by atoms with E-state index in [4.69, 9.17) is 39.5 Å². The molecule has 1 saturated heterocycles. The summed E-state index contributed by atoms with van der Waals surface area (Å²) < 4.78 is 7.77. The number of thiophene rings is 3. The molecule has 0 radical (unpaired) electrons. The quantitative estimate of drug-likeness (QED) is 0.178. The predicted molar refractivity (Wildman–Crippen MR) is 281 cm³/mol. The maximum atomic E-state index is 12.8. The summed E-state index contributed by atoms with van der Waals surface area (Å²) in [4.78, 5) is 45.9. The highest BCUT2D eigenvalue weighted by Crippen LogP contribution is 2.43. The molecule has 7 heterocycles. The zero-order chi connectivity index (χ0) is 45.1. The van der Waals surface area contributed by atoms with Gasteiger partial charge in [-0.2, -0.15) is 0 Å². The number of benzene rings is 3. The van der Waals surface area contributed by atoms with Crippen LogP contribution in [0.2, 0.25) is 15.1 Å². The second kappa shape index (κ2) is 21.5. The Morgan fingerprint density at radius 2 is 0.969 bits per heavy atom. The van der Waals surface area contributed by atoms with Crippen molar-refractivity contribution in [3.8, 4) is 0 Å². The SMILES string of the molecule is CN1CCC(c2ccc(Cl)cc2)c2cc(I)sc2C1=O.CN1CCC(c2ccc(Cl)cc2)c2cc(N3CCOCC3)sc2C1=O.O=C1NCCC(c2ccc(Cl)cc2)c2cc(I)sc21. The van der Waals surface area contributed by atoms with Crippen molar-refractivity contribution in [1.82, 2.24) is 15.1 Å². The standard InChI is InChI=1S/C19H21ClN2O2S.C15H13ClINOS.C14H11ClINOS/c1-21-7-6-15(13-2-4-14(20)5-3-13)16-12-17(25-18(16)19(21)23)22-8-10-24-11-9-22;1-18-7-6-11(9-2-4-10(16)5-3-9)12-8-13(17)20-14(12)15(18)19;15-9-3-1-8(2-4-9)10-5-6-17-14(18)13-11(10)7-12(16)19-13/h2-5,12,15H,6-11H2,1H3;2-5,8,11H,6-7H2,1H3;1-4,7,10H,5-6H2,(H,17,18). The Labute approximate surface area is 428 Å². The van der Waals surface area contributed by atoms with Crippen molar-refractivity contribution in [2.24, 2.45) is 0 Å². The summed E-state index contributed by atoms with van der Waals surface area (Å²) in [6.07, 6.45) is 2.80. The van der Waals surface area contributed by atoms with Crippen LogP contribution in [0.5, 0.6) is 0 Å². The summed E-state index contributed by atoms with van der Waals surface area (Å²) in [7, 11) is 3.77. The number of carbonyl (C=O) groups excluding carboxylic acids is 3. The average Bonchev–Trinajstić information content (AvgIpc) is 3.97. The summed E-state index contributed by atoms with van der Waals surface area (Å²) in [5, 5.41) is 6.37. The molecule has 1 fully saturated rings. The highest BCUT2D eigenvalue weighted by atomic mass is 127. The van der Waals surface area contributed by atoms with Crippen molar-refractivity contribution in [2.45, 2.75) is 37.0 Å². The smallest absolute Gasteiger partial charge is 0.264 e. The lowest BCUT2D eigenvalue weighted by Gasteiger charge is -2.27. The first kappa shape index (κ1) is 47.7. The number of hydrogen-bond acceptors (Lipinski definition) is 8.